The number of carbonyl (C=O) groups is 2. The molecule has 30 heavy (non-hydrogen) atoms. The van der Waals surface area contributed by atoms with Crippen molar-refractivity contribution in [1.82, 2.24) is 15.4 Å². The van der Waals surface area contributed by atoms with Gasteiger partial charge in [-0.3, -0.25) is 4.79 Å². The normalized spacial score (nSPS) is 11.2. The van der Waals surface area contributed by atoms with Crippen LogP contribution in [0.5, 0.6) is 0 Å². The van der Waals surface area contributed by atoms with Crippen LogP contribution in [-0.4, -0.2) is 33.2 Å². The molecule has 0 atom stereocenters. The first-order chi connectivity index (χ1) is 14.4. The summed E-state index contributed by atoms with van der Waals surface area (Å²) in [5, 5.41) is 13.7. The predicted octanol–water partition coefficient (Wildman–Crippen LogP) is 3.30. The molecule has 1 amide bonds. The van der Waals surface area contributed by atoms with Crippen LogP contribution in [0, 0.1) is 6.92 Å². The minimum absolute atomic E-state index is 0.162. The molecule has 4 N–H and O–H groups in total. The molecule has 0 unspecified atom stereocenters. The molecule has 0 bridgehead atoms. The summed E-state index contributed by atoms with van der Waals surface area (Å²) >= 11 is 1.21. The molecular formula is C20H15N5O4S. The maximum absolute atomic E-state index is 12.5. The number of anilines is 1. The molecule has 150 valence electrons. The van der Waals surface area contributed by atoms with Crippen molar-refractivity contribution in [3.8, 4) is 11.3 Å². The zero-order valence-electron chi connectivity index (χ0n) is 15.6. The van der Waals surface area contributed by atoms with Gasteiger partial charge in [0.05, 0.1) is 22.0 Å². The van der Waals surface area contributed by atoms with Crippen molar-refractivity contribution in [2.75, 3.05) is 5.73 Å². The number of nitrogen functional groups attached to an aromatic ring is 1. The smallest absolute Gasteiger partial charge is 0.335 e. The second-order valence-electron chi connectivity index (χ2n) is 6.28. The fourth-order valence-electron chi connectivity index (χ4n) is 2.90. The third kappa shape index (κ3) is 3.63. The van der Waals surface area contributed by atoms with Crippen molar-refractivity contribution >= 4 is 45.5 Å². The van der Waals surface area contributed by atoms with E-state index in [0.29, 0.717) is 43.6 Å². The highest BCUT2D eigenvalue weighted by molar-refractivity contribution is 7.20. The molecule has 0 spiro atoms. The van der Waals surface area contributed by atoms with Gasteiger partial charge in [-0.1, -0.05) is 12.1 Å². The Hall–Kier alpha value is -4.05. The van der Waals surface area contributed by atoms with E-state index in [2.05, 4.69) is 20.5 Å². The summed E-state index contributed by atoms with van der Waals surface area (Å²) in [6, 6.07) is 9.76. The number of carboxylic acid groups (broad SMARTS) is 1. The molecule has 0 fully saturated rings. The third-order valence-corrected chi connectivity index (χ3v) is 5.54. The number of rotatable bonds is 5. The summed E-state index contributed by atoms with van der Waals surface area (Å²) in [5.41, 5.74) is 9.81. The lowest BCUT2D eigenvalue weighted by atomic mass is 10.1. The fourth-order valence-corrected chi connectivity index (χ4v) is 3.95. The molecule has 10 heteroatoms. The first-order valence-electron chi connectivity index (χ1n) is 8.70. The molecule has 3 aromatic heterocycles. The Labute approximate surface area is 173 Å². The summed E-state index contributed by atoms with van der Waals surface area (Å²) in [6.07, 6.45) is 2.72. The Morgan fingerprint density at radius 1 is 1.27 bits per heavy atom. The number of hydrazone groups is 1. The molecule has 4 aromatic rings. The summed E-state index contributed by atoms with van der Waals surface area (Å²) in [6.45, 7) is 1.78. The first kappa shape index (κ1) is 19.3. The number of nitrogens with zero attached hydrogens (tertiary/aromatic N) is 3. The minimum atomic E-state index is -1.02. The predicted molar refractivity (Wildman–Crippen MR) is 113 cm³/mol. The number of furan rings is 1. The number of amides is 1. The first-order valence-corrected chi connectivity index (χ1v) is 9.52. The monoisotopic (exact) mass is 421 g/mol. The Morgan fingerprint density at radius 3 is 2.87 bits per heavy atom. The zero-order chi connectivity index (χ0) is 21.3. The SMILES string of the molecule is Cc1c(C(=O)N/N=C\c2ccc(-c3cccc(C(=O)O)c3)o2)sc2ncnc(N)c12. The van der Waals surface area contributed by atoms with Gasteiger partial charge >= 0.3 is 5.97 Å². The van der Waals surface area contributed by atoms with Crippen LogP contribution in [0.15, 0.2) is 52.2 Å². The molecule has 3 heterocycles. The molecule has 4 rings (SSSR count). The van der Waals surface area contributed by atoms with Gasteiger partial charge in [0, 0.05) is 5.56 Å². The number of thiophene rings is 1. The van der Waals surface area contributed by atoms with E-state index in [9.17, 15) is 9.59 Å². The van der Waals surface area contributed by atoms with E-state index in [1.807, 2.05) is 0 Å². The van der Waals surface area contributed by atoms with Gasteiger partial charge in [0.25, 0.3) is 5.91 Å². The highest BCUT2D eigenvalue weighted by Gasteiger charge is 2.18. The number of nitrogens with two attached hydrogens (primary N) is 1. The van der Waals surface area contributed by atoms with Crippen LogP contribution in [-0.2, 0) is 0 Å². The van der Waals surface area contributed by atoms with E-state index in [1.54, 1.807) is 31.2 Å². The van der Waals surface area contributed by atoms with Crippen molar-refractivity contribution in [2.24, 2.45) is 5.10 Å². The summed E-state index contributed by atoms with van der Waals surface area (Å²) in [7, 11) is 0. The maximum Gasteiger partial charge on any atom is 0.335 e. The lowest BCUT2D eigenvalue weighted by molar-refractivity contribution is 0.0696. The molecule has 0 radical (unpaired) electrons. The number of aromatic nitrogens is 2. The van der Waals surface area contributed by atoms with Crippen molar-refractivity contribution in [3.05, 3.63) is 64.5 Å². The van der Waals surface area contributed by atoms with Gasteiger partial charge in [0.2, 0.25) is 0 Å². The average Bonchev–Trinajstić information content (AvgIpc) is 3.33. The molecule has 0 saturated carbocycles. The second kappa shape index (κ2) is 7.76. The number of nitrogens with one attached hydrogen (secondary N) is 1. The number of hydrogen-bond donors (Lipinski definition) is 3. The summed E-state index contributed by atoms with van der Waals surface area (Å²) in [5.74, 6) is -0.204. The van der Waals surface area contributed by atoms with Gasteiger partial charge in [-0.05, 0) is 36.8 Å². The Balaban J connectivity index is 1.49. The van der Waals surface area contributed by atoms with Gasteiger partial charge in [-0.15, -0.1) is 11.3 Å². The van der Waals surface area contributed by atoms with E-state index in [-0.39, 0.29) is 5.56 Å². The van der Waals surface area contributed by atoms with Gasteiger partial charge in [0.15, 0.2) is 0 Å². The lowest BCUT2D eigenvalue weighted by Gasteiger charge is -1.99. The molecular weight excluding hydrogens is 406 g/mol. The van der Waals surface area contributed by atoms with Crippen LogP contribution in [0.1, 0.15) is 31.4 Å². The number of aryl methyl sites for hydroxylation is 1. The van der Waals surface area contributed by atoms with Gasteiger partial charge in [-0.25, -0.2) is 20.2 Å². The Morgan fingerprint density at radius 2 is 2.10 bits per heavy atom. The highest BCUT2D eigenvalue weighted by Crippen LogP contribution is 2.31. The Bertz CT molecular complexity index is 1310. The third-order valence-electron chi connectivity index (χ3n) is 4.34. The van der Waals surface area contributed by atoms with E-state index in [1.165, 1.54) is 36.0 Å². The van der Waals surface area contributed by atoms with E-state index in [0.717, 1.165) is 0 Å². The lowest BCUT2D eigenvalue weighted by Crippen LogP contribution is -2.17. The number of benzene rings is 1. The van der Waals surface area contributed by atoms with Crippen molar-refractivity contribution in [3.63, 3.8) is 0 Å². The molecule has 0 saturated heterocycles. The van der Waals surface area contributed by atoms with Crippen LogP contribution < -0.4 is 11.2 Å². The van der Waals surface area contributed by atoms with Crippen LogP contribution in [0.25, 0.3) is 21.5 Å². The molecule has 9 nitrogen and oxygen atoms in total. The summed E-state index contributed by atoms with van der Waals surface area (Å²) in [4.78, 5) is 32.7. The van der Waals surface area contributed by atoms with Gasteiger partial charge in [0.1, 0.15) is 28.5 Å². The van der Waals surface area contributed by atoms with Crippen LogP contribution in [0.3, 0.4) is 0 Å². The standard InChI is InChI=1S/C20H15N5O4S/c1-10-15-17(21)22-9-23-19(15)30-16(10)18(26)25-24-8-13-5-6-14(29-13)11-3-2-4-12(7-11)20(27)28/h2-9H,1H3,(H,25,26)(H,27,28)(H2,21,22,23)/b24-8-. The van der Waals surface area contributed by atoms with Gasteiger partial charge < -0.3 is 15.3 Å². The number of carboxylic acids is 1. The Kier molecular flexibility index (Phi) is 4.98. The highest BCUT2D eigenvalue weighted by atomic mass is 32.1. The van der Waals surface area contributed by atoms with Crippen LogP contribution >= 0.6 is 11.3 Å². The van der Waals surface area contributed by atoms with Gasteiger partial charge in [-0.2, -0.15) is 5.10 Å². The average molecular weight is 421 g/mol. The van der Waals surface area contributed by atoms with Crippen molar-refractivity contribution in [1.29, 1.82) is 0 Å². The number of fused-ring (bicyclic) bond motifs is 1. The second-order valence-corrected chi connectivity index (χ2v) is 7.28. The number of carbonyl (C=O) groups excluding carboxylic acids is 1. The topological polar surface area (TPSA) is 144 Å². The van der Waals surface area contributed by atoms with Crippen molar-refractivity contribution in [2.45, 2.75) is 6.92 Å². The zero-order valence-corrected chi connectivity index (χ0v) is 16.4. The largest absolute Gasteiger partial charge is 0.478 e. The van der Waals surface area contributed by atoms with Crippen molar-refractivity contribution < 1.29 is 19.1 Å². The van der Waals surface area contributed by atoms with E-state index >= 15 is 0 Å². The number of aromatic carboxylic acids is 1. The fraction of sp³-hybridized carbons (Fsp3) is 0.0500. The summed E-state index contributed by atoms with van der Waals surface area (Å²) < 4.78 is 5.65. The van der Waals surface area contributed by atoms with Crippen LogP contribution in [0.2, 0.25) is 0 Å². The number of hydrogen-bond acceptors (Lipinski definition) is 8. The van der Waals surface area contributed by atoms with Crippen LogP contribution in [0.4, 0.5) is 5.82 Å². The molecule has 0 aliphatic heterocycles. The molecule has 0 aliphatic carbocycles. The minimum Gasteiger partial charge on any atom is -0.478 e. The molecule has 0 aliphatic rings. The van der Waals surface area contributed by atoms with E-state index < -0.39 is 11.9 Å². The molecule has 1 aromatic carbocycles. The maximum atomic E-state index is 12.5. The quantitative estimate of drug-likeness (QED) is 0.331. The van der Waals surface area contributed by atoms with E-state index in [4.69, 9.17) is 15.3 Å².